The topological polar surface area (TPSA) is 81.9 Å². The summed E-state index contributed by atoms with van der Waals surface area (Å²) < 4.78 is 18.3. The minimum absolute atomic E-state index is 0. The Morgan fingerprint density at radius 3 is 2.19 bits per heavy atom. The van der Waals surface area contributed by atoms with E-state index in [1.54, 1.807) is 21.3 Å². The van der Waals surface area contributed by atoms with E-state index >= 15 is 0 Å². The Morgan fingerprint density at radius 2 is 1.72 bits per heavy atom. The molecule has 9 heteroatoms. The lowest BCUT2D eigenvalue weighted by Crippen LogP contribution is -2.43. The van der Waals surface area contributed by atoms with Crippen molar-refractivity contribution >= 4 is 29.9 Å². The smallest absolute Gasteiger partial charge is 0.191 e. The largest absolute Gasteiger partial charge is 0.496 e. The van der Waals surface area contributed by atoms with Crippen molar-refractivity contribution < 1.29 is 14.2 Å². The van der Waals surface area contributed by atoms with Crippen LogP contribution < -0.4 is 24.8 Å². The van der Waals surface area contributed by atoms with Crippen molar-refractivity contribution in [3.8, 4) is 17.2 Å². The number of ether oxygens (including phenoxy) is 3. The van der Waals surface area contributed by atoms with Gasteiger partial charge in [0, 0.05) is 49.6 Å². The molecule has 0 radical (unpaired) electrons. The molecule has 8 nitrogen and oxygen atoms in total. The van der Waals surface area contributed by atoms with Crippen LogP contribution in [0.1, 0.15) is 36.4 Å². The van der Waals surface area contributed by atoms with Crippen LogP contribution >= 0.6 is 24.0 Å². The number of aryl methyl sites for hydroxylation is 2. The summed E-state index contributed by atoms with van der Waals surface area (Å²) >= 11 is 0. The summed E-state index contributed by atoms with van der Waals surface area (Å²) in [4.78, 5) is 4.77. The number of guanidine groups is 1. The zero-order valence-corrected chi connectivity index (χ0v) is 22.9. The van der Waals surface area contributed by atoms with Crippen LogP contribution in [0.3, 0.4) is 0 Å². The van der Waals surface area contributed by atoms with Gasteiger partial charge in [0.1, 0.15) is 17.2 Å². The lowest BCUT2D eigenvalue weighted by Gasteiger charge is -2.18. The molecule has 2 aromatic rings. The first-order valence-electron chi connectivity index (χ1n) is 10.7. The fourth-order valence-electron chi connectivity index (χ4n) is 3.63. The number of aromatic nitrogens is 2. The predicted octanol–water partition coefficient (Wildman–Crippen LogP) is 3.41. The fourth-order valence-corrected chi connectivity index (χ4v) is 3.63. The van der Waals surface area contributed by atoms with E-state index in [2.05, 4.69) is 43.4 Å². The molecule has 0 aliphatic carbocycles. The molecule has 32 heavy (non-hydrogen) atoms. The van der Waals surface area contributed by atoms with Gasteiger partial charge in [-0.2, -0.15) is 5.10 Å². The second kappa shape index (κ2) is 13.4. The Labute approximate surface area is 209 Å². The summed E-state index contributed by atoms with van der Waals surface area (Å²) in [5, 5.41) is 11.4. The van der Waals surface area contributed by atoms with E-state index < -0.39 is 0 Å². The average Bonchev–Trinajstić information content (AvgIpc) is 2.99. The first-order chi connectivity index (χ1) is 14.8. The van der Waals surface area contributed by atoms with Crippen LogP contribution in [0.4, 0.5) is 0 Å². The number of halogens is 1. The van der Waals surface area contributed by atoms with Gasteiger partial charge in [-0.15, -0.1) is 24.0 Å². The second-order valence-electron chi connectivity index (χ2n) is 7.54. The number of methoxy groups -OCH3 is 3. The van der Waals surface area contributed by atoms with E-state index in [1.165, 1.54) is 11.3 Å². The van der Waals surface area contributed by atoms with E-state index in [9.17, 15) is 0 Å². The number of benzene rings is 1. The maximum Gasteiger partial charge on any atom is 0.191 e. The fraction of sp³-hybridized carbons (Fsp3) is 0.565. The van der Waals surface area contributed by atoms with Crippen molar-refractivity contribution in [3.05, 3.63) is 34.6 Å². The second-order valence-corrected chi connectivity index (χ2v) is 7.54. The summed E-state index contributed by atoms with van der Waals surface area (Å²) in [6.45, 7) is 9.77. The molecule has 0 spiro atoms. The molecule has 0 saturated carbocycles. The number of nitrogens with one attached hydrogen (secondary N) is 2. The molecule has 1 aromatic heterocycles. The first kappa shape index (κ1) is 27.9. The molecule has 2 N–H and O–H groups in total. The quantitative estimate of drug-likeness (QED) is 0.264. The molecule has 0 bridgehead atoms. The molecule has 1 aromatic carbocycles. The van der Waals surface area contributed by atoms with Gasteiger partial charge in [0.15, 0.2) is 5.96 Å². The highest BCUT2D eigenvalue weighted by Crippen LogP contribution is 2.34. The van der Waals surface area contributed by atoms with Gasteiger partial charge in [-0.3, -0.25) is 9.67 Å². The van der Waals surface area contributed by atoms with E-state index in [-0.39, 0.29) is 30.0 Å². The minimum atomic E-state index is 0. The van der Waals surface area contributed by atoms with Crippen molar-refractivity contribution in [2.24, 2.45) is 12.0 Å². The third kappa shape index (κ3) is 7.18. The summed E-state index contributed by atoms with van der Waals surface area (Å²) in [7, 11) is 6.91. The third-order valence-electron chi connectivity index (χ3n) is 5.35. The zero-order chi connectivity index (χ0) is 23.0. The summed E-state index contributed by atoms with van der Waals surface area (Å²) in [5.74, 6) is 2.96. The van der Waals surface area contributed by atoms with Gasteiger partial charge in [-0.05, 0) is 46.1 Å². The maximum absolute atomic E-state index is 5.54. The molecule has 1 atom stereocenters. The summed E-state index contributed by atoms with van der Waals surface area (Å²) in [6.07, 6.45) is 1.57. The number of aliphatic imine (C=N–C) groups is 1. The van der Waals surface area contributed by atoms with Gasteiger partial charge in [0.05, 0.1) is 27.0 Å². The zero-order valence-electron chi connectivity index (χ0n) is 20.5. The van der Waals surface area contributed by atoms with Crippen LogP contribution in [-0.4, -0.2) is 56.2 Å². The molecule has 0 amide bonds. The molecule has 1 unspecified atom stereocenters. The van der Waals surface area contributed by atoms with Gasteiger partial charge in [0.2, 0.25) is 0 Å². The predicted molar refractivity (Wildman–Crippen MR) is 140 cm³/mol. The highest BCUT2D eigenvalue weighted by atomic mass is 127. The Kier molecular flexibility index (Phi) is 11.7. The molecule has 1 heterocycles. The van der Waals surface area contributed by atoms with Crippen LogP contribution in [0.25, 0.3) is 0 Å². The Balaban J connectivity index is 0.00000512. The van der Waals surface area contributed by atoms with Crippen LogP contribution in [0.15, 0.2) is 17.1 Å². The Hall–Kier alpha value is -2.17. The van der Waals surface area contributed by atoms with E-state index in [0.29, 0.717) is 18.7 Å². The van der Waals surface area contributed by atoms with E-state index in [1.807, 2.05) is 23.9 Å². The highest BCUT2D eigenvalue weighted by molar-refractivity contribution is 14.0. The summed E-state index contributed by atoms with van der Waals surface area (Å²) in [5.41, 5.74) is 4.53. The SMILES string of the molecule is CCNC(=NCCc1c(OC)cc(OC)cc1OC)NC(C)Cc1c(C)nn(C)c1C.I. The number of hydrogen-bond donors (Lipinski definition) is 2. The molecule has 2 rings (SSSR count). The molecule has 0 saturated heterocycles. The monoisotopic (exact) mass is 559 g/mol. The normalized spacial score (nSPS) is 12.1. The highest BCUT2D eigenvalue weighted by Gasteiger charge is 2.15. The lowest BCUT2D eigenvalue weighted by molar-refractivity contribution is 0.369. The number of hydrogen-bond acceptors (Lipinski definition) is 5. The van der Waals surface area contributed by atoms with Crippen molar-refractivity contribution in [1.29, 1.82) is 0 Å². The maximum atomic E-state index is 5.54. The van der Waals surface area contributed by atoms with Gasteiger partial charge >= 0.3 is 0 Å². The van der Waals surface area contributed by atoms with Crippen LogP contribution in [-0.2, 0) is 19.9 Å². The minimum Gasteiger partial charge on any atom is -0.496 e. The van der Waals surface area contributed by atoms with Crippen molar-refractivity contribution in [1.82, 2.24) is 20.4 Å². The molecule has 180 valence electrons. The number of nitrogens with zero attached hydrogens (tertiary/aromatic N) is 3. The standard InChI is InChI=1S/C23H37N5O3.HI/c1-9-24-23(26-15(2)12-20-16(3)27-28(5)17(20)4)25-11-10-19-21(30-7)13-18(29-6)14-22(19)31-8;/h13-15H,9-12H2,1-8H3,(H2,24,25,26);1H. The summed E-state index contributed by atoms with van der Waals surface area (Å²) in [6, 6.07) is 3.95. The van der Waals surface area contributed by atoms with Crippen LogP contribution in [0.5, 0.6) is 17.2 Å². The number of rotatable bonds is 10. The lowest BCUT2D eigenvalue weighted by atomic mass is 10.1. The molecular weight excluding hydrogens is 521 g/mol. The Bertz CT molecular complexity index is 873. The third-order valence-corrected chi connectivity index (χ3v) is 5.35. The first-order valence-corrected chi connectivity index (χ1v) is 10.7. The van der Waals surface area contributed by atoms with Gasteiger partial charge in [0.25, 0.3) is 0 Å². The Morgan fingerprint density at radius 1 is 1.09 bits per heavy atom. The van der Waals surface area contributed by atoms with Crippen molar-refractivity contribution in [2.75, 3.05) is 34.4 Å². The van der Waals surface area contributed by atoms with Gasteiger partial charge < -0.3 is 24.8 Å². The van der Waals surface area contributed by atoms with E-state index in [0.717, 1.165) is 41.7 Å². The molecular formula is C23H38IN5O3. The molecule has 0 aliphatic heterocycles. The van der Waals surface area contributed by atoms with Crippen molar-refractivity contribution in [3.63, 3.8) is 0 Å². The van der Waals surface area contributed by atoms with Gasteiger partial charge in [-0.25, -0.2) is 0 Å². The van der Waals surface area contributed by atoms with Gasteiger partial charge in [-0.1, -0.05) is 0 Å². The van der Waals surface area contributed by atoms with E-state index in [4.69, 9.17) is 19.2 Å². The van der Waals surface area contributed by atoms with Crippen molar-refractivity contribution in [2.45, 2.75) is 46.6 Å². The van der Waals surface area contributed by atoms with Crippen LogP contribution in [0, 0.1) is 13.8 Å². The van der Waals surface area contributed by atoms with Crippen LogP contribution in [0.2, 0.25) is 0 Å². The average molecular weight is 559 g/mol. The molecule has 0 aliphatic rings. The molecule has 0 fully saturated rings.